The zero-order valence-electron chi connectivity index (χ0n) is 9.84. The van der Waals surface area contributed by atoms with Gasteiger partial charge in [0.25, 0.3) is 0 Å². The normalized spacial score (nSPS) is 8.47. The summed E-state index contributed by atoms with van der Waals surface area (Å²) in [7, 11) is 0. The van der Waals surface area contributed by atoms with E-state index < -0.39 is 0 Å². The fourth-order valence-electron chi connectivity index (χ4n) is 1.26. The van der Waals surface area contributed by atoms with Crippen molar-refractivity contribution in [3.63, 3.8) is 0 Å². The van der Waals surface area contributed by atoms with E-state index in [0.29, 0.717) is 6.61 Å². The molecule has 2 aromatic rings. The summed E-state index contributed by atoms with van der Waals surface area (Å²) in [4.78, 5) is 0. The first kappa shape index (κ1) is 12.8. The van der Waals surface area contributed by atoms with E-state index in [-0.39, 0.29) is 0 Å². The lowest BCUT2D eigenvalue weighted by Crippen LogP contribution is -1.94. The smallest absolute Gasteiger partial charge is 0.119 e. The Morgan fingerprint density at radius 3 is 1.94 bits per heavy atom. The molecule has 0 N–H and O–H groups in total. The average molecular weight is 225 g/mol. The van der Waals surface area contributed by atoms with Gasteiger partial charge in [-0.2, -0.15) is 5.26 Å². The first-order valence-electron chi connectivity index (χ1n) is 5.39. The number of ether oxygens (including phenoxy) is 1. The fraction of sp³-hybridized carbons (Fsp3) is 0.133. The Morgan fingerprint density at radius 1 is 0.941 bits per heavy atom. The maximum absolute atomic E-state index is 7.32. The van der Waals surface area contributed by atoms with Crippen molar-refractivity contribution in [3.8, 4) is 11.8 Å². The van der Waals surface area contributed by atoms with Gasteiger partial charge in [0.1, 0.15) is 12.4 Å². The summed E-state index contributed by atoms with van der Waals surface area (Å²) in [5.74, 6) is 0.913. The zero-order chi connectivity index (χ0) is 12.3. The lowest BCUT2D eigenvalue weighted by molar-refractivity contribution is 0.306. The summed E-state index contributed by atoms with van der Waals surface area (Å²) in [6, 6.07) is 21.8. The third kappa shape index (κ3) is 5.39. The molecule has 17 heavy (non-hydrogen) atoms. The van der Waals surface area contributed by atoms with Crippen molar-refractivity contribution >= 4 is 0 Å². The molecule has 0 spiro atoms. The van der Waals surface area contributed by atoms with Gasteiger partial charge >= 0.3 is 0 Å². The van der Waals surface area contributed by atoms with Crippen LogP contribution in [0, 0.1) is 11.3 Å². The average Bonchev–Trinajstić information content (AvgIpc) is 2.40. The number of hydrogen-bond acceptors (Lipinski definition) is 2. The van der Waals surface area contributed by atoms with Gasteiger partial charge in [0.15, 0.2) is 0 Å². The molecule has 0 fully saturated rings. The molecule has 2 nitrogen and oxygen atoms in total. The molecule has 0 amide bonds. The van der Waals surface area contributed by atoms with Crippen molar-refractivity contribution in [1.29, 1.82) is 5.26 Å². The molecule has 0 heterocycles. The molecule has 0 aromatic heterocycles. The molecule has 0 aliphatic carbocycles. The second-order valence-corrected chi connectivity index (χ2v) is 3.31. The van der Waals surface area contributed by atoms with E-state index in [1.807, 2.05) is 48.5 Å². The molecular weight excluding hydrogens is 210 g/mol. The molecular formula is C15H15NO. The van der Waals surface area contributed by atoms with E-state index >= 15 is 0 Å². The van der Waals surface area contributed by atoms with Crippen LogP contribution in [-0.4, -0.2) is 0 Å². The number of nitrogens with zero attached hydrogens (tertiary/aromatic N) is 1. The minimum absolute atomic E-state index is 0.630. The highest BCUT2D eigenvalue weighted by atomic mass is 16.5. The first-order valence-corrected chi connectivity index (χ1v) is 5.39. The van der Waals surface area contributed by atoms with Crippen molar-refractivity contribution in [2.75, 3.05) is 0 Å². The topological polar surface area (TPSA) is 33.0 Å². The van der Waals surface area contributed by atoms with E-state index in [1.54, 1.807) is 6.07 Å². The van der Waals surface area contributed by atoms with Crippen molar-refractivity contribution in [2.24, 2.45) is 0 Å². The molecule has 0 aliphatic heterocycles. The highest BCUT2D eigenvalue weighted by Crippen LogP contribution is 2.10. The maximum atomic E-state index is 7.32. The summed E-state index contributed by atoms with van der Waals surface area (Å²) >= 11 is 0. The van der Waals surface area contributed by atoms with E-state index in [2.05, 4.69) is 12.1 Å². The van der Waals surface area contributed by atoms with Crippen LogP contribution in [0.2, 0.25) is 0 Å². The van der Waals surface area contributed by atoms with Crippen molar-refractivity contribution in [2.45, 2.75) is 13.5 Å². The predicted molar refractivity (Wildman–Crippen MR) is 68.5 cm³/mol. The lowest BCUT2D eigenvalue weighted by Gasteiger charge is -2.05. The first-order chi connectivity index (χ1) is 8.36. The quantitative estimate of drug-likeness (QED) is 0.796. The van der Waals surface area contributed by atoms with Crippen LogP contribution in [0.4, 0.5) is 0 Å². The Morgan fingerprint density at radius 2 is 1.41 bits per heavy atom. The standard InChI is InChI=1S/C13H12O.C2H3N/c1-3-7-12(8-4-1)11-14-13-9-5-2-6-10-13;1-2-3/h1-10H,11H2;1H3. The number of rotatable bonds is 3. The van der Waals surface area contributed by atoms with Gasteiger partial charge in [-0.1, -0.05) is 48.5 Å². The van der Waals surface area contributed by atoms with E-state index in [0.717, 1.165) is 5.75 Å². The molecule has 0 atom stereocenters. The van der Waals surface area contributed by atoms with Crippen LogP contribution in [0.25, 0.3) is 0 Å². The van der Waals surface area contributed by atoms with Gasteiger partial charge in [0.05, 0.1) is 6.07 Å². The molecule has 0 unspecified atom stereocenters. The Hall–Kier alpha value is -2.27. The molecule has 2 rings (SSSR count). The van der Waals surface area contributed by atoms with Gasteiger partial charge in [-0.05, 0) is 17.7 Å². The van der Waals surface area contributed by atoms with Crippen molar-refractivity contribution in [1.82, 2.24) is 0 Å². The van der Waals surface area contributed by atoms with Crippen LogP contribution >= 0.6 is 0 Å². The van der Waals surface area contributed by atoms with Gasteiger partial charge in [0, 0.05) is 6.92 Å². The van der Waals surface area contributed by atoms with Crippen LogP contribution in [0.5, 0.6) is 5.75 Å². The third-order valence-corrected chi connectivity index (χ3v) is 1.99. The molecule has 0 bridgehead atoms. The van der Waals surface area contributed by atoms with E-state index in [4.69, 9.17) is 10.00 Å². The highest BCUT2D eigenvalue weighted by Gasteiger charge is 1.92. The third-order valence-electron chi connectivity index (χ3n) is 1.99. The maximum Gasteiger partial charge on any atom is 0.119 e. The van der Waals surface area contributed by atoms with Crippen LogP contribution in [0.1, 0.15) is 12.5 Å². The minimum Gasteiger partial charge on any atom is -0.489 e. The Balaban J connectivity index is 0.000000437. The number of hydrogen-bond donors (Lipinski definition) is 0. The lowest BCUT2D eigenvalue weighted by atomic mass is 10.2. The van der Waals surface area contributed by atoms with Crippen LogP contribution in [-0.2, 0) is 6.61 Å². The van der Waals surface area contributed by atoms with Gasteiger partial charge in [0.2, 0.25) is 0 Å². The summed E-state index contributed by atoms with van der Waals surface area (Å²) < 4.78 is 5.59. The molecule has 0 saturated carbocycles. The summed E-state index contributed by atoms with van der Waals surface area (Å²) in [5, 5.41) is 7.32. The SMILES string of the molecule is CC#N.c1ccc(COc2ccccc2)cc1. The van der Waals surface area contributed by atoms with Gasteiger partial charge in [-0.15, -0.1) is 0 Å². The summed E-state index contributed by atoms with van der Waals surface area (Å²) in [6.07, 6.45) is 0. The summed E-state index contributed by atoms with van der Waals surface area (Å²) in [6.45, 7) is 2.06. The fourth-order valence-corrected chi connectivity index (χ4v) is 1.26. The Labute approximate surface area is 102 Å². The molecule has 0 saturated heterocycles. The van der Waals surface area contributed by atoms with E-state index in [1.165, 1.54) is 12.5 Å². The highest BCUT2D eigenvalue weighted by molar-refractivity contribution is 5.22. The number of nitriles is 1. The Bertz CT molecular complexity index is 406. The van der Waals surface area contributed by atoms with Crippen LogP contribution in [0.3, 0.4) is 0 Å². The van der Waals surface area contributed by atoms with Crippen LogP contribution in [0.15, 0.2) is 60.7 Å². The van der Waals surface area contributed by atoms with Crippen molar-refractivity contribution < 1.29 is 4.74 Å². The van der Waals surface area contributed by atoms with E-state index in [9.17, 15) is 0 Å². The molecule has 2 heteroatoms. The molecule has 86 valence electrons. The monoisotopic (exact) mass is 225 g/mol. The van der Waals surface area contributed by atoms with Gasteiger partial charge < -0.3 is 4.74 Å². The number of para-hydroxylation sites is 1. The predicted octanol–water partition coefficient (Wildman–Crippen LogP) is 3.80. The molecule has 0 aliphatic rings. The minimum atomic E-state index is 0.630. The largest absolute Gasteiger partial charge is 0.489 e. The zero-order valence-corrected chi connectivity index (χ0v) is 9.84. The number of benzene rings is 2. The second-order valence-electron chi connectivity index (χ2n) is 3.31. The second kappa shape index (κ2) is 7.95. The van der Waals surface area contributed by atoms with Gasteiger partial charge in [-0.25, -0.2) is 0 Å². The molecule has 2 aromatic carbocycles. The Kier molecular flexibility index (Phi) is 5.98. The summed E-state index contributed by atoms with van der Waals surface area (Å²) in [5.41, 5.74) is 1.19. The van der Waals surface area contributed by atoms with Crippen molar-refractivity contribution in [3.05, 3.63) is 66.2 Å². The van der Waals surface area contributed by atoms with Crippen LogP contribution < -0.4 is 4.74 Å². The molecule has 0 radical (unpaired) electrons. The van der Waals surface area contributed by atoms with Gasteiger partial charge in [-0.3, -0.25) is 0 Å².